The van der Waals surface area contributed by atoms with Crippen LogP contribution in [0.25, 0.3) is 0 Å². The van der Waals surface area contributed by atoms with Crippen LogP contribution in [0.15, 0.2) is 137 Å². The zero-order valence-electron chi connectivity index (χ0n) is 25.4. The number of hydrogen-bond acceptors (Lipinski definition) is 8. The van der Waals surface area contributed by atoms with Gasteiger partial charge in [0.25, 0.3) is 20.0 Å². The van der Waals surface area contributed by atoms with Crippen LogP contribution in [0.3, 0.4) is 0 Å². The largest absolute Gasteiger partial charge is 0.497 e. The number of carbonyl (C=O) groups is 1. The van der Waals surface area contributed by atoms with Crippen molar-refractivity contribution in [3.8, 4) is 23.0 Å². The van der Waals surface area contributed by atoms with Gasteiger partial charge in [-0.3, -0.25) is 13.8 Å². The second-order valence-corrected chi connectivity index (χ2v) is 13.5. The first-order valence-corrected chi connectivity index (χ1v) is 17.1. The standard InChI is InChI=1S/C34H31N3O8S2/c1-43-29-19-22-32(33(23-29)44-2)36-46(39,40)30-20-13-25(14-21-30)35-34(38)24-37(47(41,42)31-11-7-4-8-12-31)26-15-17-28(18-16-26)45-27-9-5-3-6-10-27/h3-23,36H,24H2,1-2H3,(H,35,38). The van der Waals surface area contributed by atoms with E-state index in [0.29, 0.717) is 17.2 Å². The summed E-state index contributed by atoms with van der Waals surface area (Å²) in [6.07, 6.45) is 0. The van der Waals surface area contributed by atoms with Gasteiger partial charge < -0.3 is 19.5 Å². The lowest BCUT2D eigenvalue weighted by molar-refractivity contribution is -0.114. The molecule has 2 N–H and O–H groups in total. The SMILES string of the molecule is COc1ccc(NS(=O)(=O)c2ccc(NC(=O)CN(c3ccc(Oc4ccccc4)cc3)S(=O)(=O)c3ccccc3)cc2)c(OC)c1. The van der Waals surface area contributed by atoms with Crippen molar-refractivity contribution < 1.29 is 35.8 Å². The minimum atomic E-state index is -4.15. The Kier molecular flexibility index (Phi) is 9.97. The number of amides is 1. The number of ether oxygens (including phenoxy) is 3. The monoisotopic (exact) mass is 673 g/mol. The summed E-state index contributed by atoms with van der Waals surface area (Å²) < 4.78 is 73.3. The van der Waals surface area contributed by atoms with E-state index in [1.165, 1.54) is 56.7 Å². The molecule has 0 aliphatic rings. The highest BCUT2D eigenvalue weighted by Gasteiger charge is 2.27. The molecule has 0 saturated carbocycles. The van der Waals surface area contributed by atoms with Gasteiger partial charge in [-0.15, -0.1) is 0 Å². The Morgan fingerprint density at radius 3 is 1.87 bits per heavy atom. The van der Waals surface area contributed by atoms with E-state index in [-0.39, 0.29) is 32.6 Å². The summed E-state index contributed by atoms with van der Waals surface area (Å²) in [5.74, 6) is 1.21. The van der Waals surface area contributed by atoms with Crippen molar-refractivity contribution in [2.45, 2.75) is 9.79 Å². The summed E-state index contributed by atoms with van der Waals surface area (Å²) in [6.45, 7) is -0.561. The summed E-state index contributed by atoms with van der Waals surface area (Å²) in [4.78, 5) is 13.2. The molecule has 0 aliphatic heterocycles. The molecule has 1 amide bonds. The zero-order chi connectivity index (χ0) is 33.4. The number of methoxy groups -OCH3 is 2. The quantitative estimate of drug-likeness (QED) is 0.152. The fraction of sp³-hybridized carbons (Fsp3) is 0.0882. The van der Waals surface area contributed by atoms with Gasteiger partial charge in [-0.1, -0.05) is 36.4 Å². The molecule has 5 aromatic rings. The number of sulfonamides is 2. The molecule has 11 nitrogen and oxygen atoms in total. The van der Waals surface area contributed by atoms with E-state index in [4.69, 9.17) is 14.2 Å². The Morgan fingerprint density at radius 2 is 1.26 bits per heavy atom. The van der Waals surface area contributed by atoms with Gasteiger partial charge in [0.1, 0.15) is 29.5 Å². The van der Waals surface area contributed by atoms with E-state index in [2.05, 4.69) is 10.0 Å². The molecular formula is C34H31N3O8S2. The highest BCUT2D eigenvalue weighted by molar-refractivity contribution is 7.93. The van der Waals surface area contributed by atoms with Crippen molar-refractivity contribution in [2.75, 3.05) is 35.1 Å². The number of nitrogens with zero attached hydrogens (tertiary/aromatic N) is 1. The van der Waals surface area contributed by atoms with E-state index in [9.17, 15) is 21.6 Å². The lowest BCUT2D eigenvalue weighted by Gasteiger charge is -2.24. The van der Waals surface area contributed by atoms with Crippen molar-refractivity contribution >= 4 is 43.0 Å². The van der Waals surface area contributed by atoms with E-state index in [1.807, 2.05) is 18.2 Å². The molecule has 0 saturated heterocycles. The first-order chi connectivity index (χ1) is 22.6. The molecule has 5 rings (SSSR count). The van der Waals surface area contributed by atoms with Crippen LogP contribution < -0.4 is 28.6 Å². The topological polar surface area (TPSA) is 140 Å². The van der Waals surface area contributed by atoms with Crippen LogP contribution in [0, 0.1) is 0 Å². The maximum absolute atomic E-state index is 13.7. The fourth-order valence-corrected chi connectivity index (χ4v) is 6.99. The van der Waals surface area contributed by atoms with Gasteiger partial charge in [-0.05, 0) is 84.9 Å². The Bertz CT molecular complexity index is 2040. The molecule has 0 unspecified atom stereocenters. The lowest BCUT2D eigenvalue weighted by atomic mass is 10.3. The molecule has 242 valence electrons. The number of para-hydroxylation sites is 1. The maximum atomic E-state index is 13.7. The first kappa shape index (κ1) is 32.9. The van der Waals surface area contributed by atoms with E-state index in [0.717, 1.165) is 4.31 Å². The third-order valence-electron chi connectivity index (χ3n) is 6.82. The molecular weight excluding hydrogens is 643 g/mol. The average Bonchev–Trinajstić information content (AvgIpc) is 3.08. The van der Waals surface area contributed by atoms with Gasteiger partial charge in [0, 0.05) is 11.8 Å². The second kappa shape index (κ2) is 14.3. The fourth-order valence-electron chi connectivity index (χ4n) is 4.47. The van der Waals surface area contributed by atoms with Crippen molar-refractivity contribution in [3.05, 3.63) is 127 Å². The second-order valence-electron chi connectivity index (χ2n) is 9.98. The molecule has 0 heterocycles. The van der Waals surface area contributed by atoms with Crippen molar-refractivity contribution in [3.63, 3.8) is 0 Å². The van der Waals surface area contributed by atoms with E-state index >= 15 is 0 Å². The molecule has 0 aromatic heterocycles. The first-order valence-electron chi connectivity index (χ1n) is 14.1. The normalized spacial score (nSPS) is 11.3. The van der Waals surface area contributed by atoms with Gasteiger partial charge >= 0.3 is 0 Å². The molecule has 0 aliphatic carbocycles. The Hall–Kier alpha value is -5.53. The highest BCUT2D eigenvalue weighted by atomic mass is 32.2. The Balaban J connectivity index is 1.33. The van der Waals surface area contributed by atoms with Crippen molar-refractivity contribution in [1.29, 1.82) is 0 Å². The number of benzene rings is 5. The van der Waals surface area contributed by atoms with Gasteiger partial charge in [-0.25, -0.2) is 16.8 Å². The summed E-state index contributed by atoms with van der Waals surface area (Å²) in [6, 6.07) is 33.3. The molecule has 13 heteroatoms. The number of anilines is 3. The Labute approximate surface area is 273 Å². The third kappa shape index (κ3) is 8.01. The van der Waals surface area contributed by atoms with Gasteiger partial charge in [0.05, 0.1) is 35.4 Å². The Morgan fingerprint density at radius 1 is 0.660 bits per heavy atom. The van der Waals surface area contributed by atoms with E-state index in [1.54, 1.807) is 66.7 Å². The van der Waals surface area contributed by atoms with Crippen LogP contribution in [0.2, 0.25) is 0 Å². The average molecular weight is 674 g/mol. The summed E-state index contributed by atoms with van der Waals surface area (Å²) in [7, 11) is -5.28. The highest BCUT2D eigenvalue weighted by Crippen LogP contribution is 2.31. The van der Waals surface area contributed by atoms with Crippen LogP contribution >= 0.6 is 0 Å². The molecule has 0 bridgehead atoms. The van der Waals surface area contributed by atoms with Crippen LogP contribution in [-0.2, 0) is 24.8 Å². The molecule has 0 spiro atoms. The third-order valence-corrected chi connectivity index (χ3v) is 9.99. The molecule has 0 radical (unpaired) electrons. The minimum Gasteiger partial charge on any atom is -0.497 e. The lowest BCUT2D eigenvalue weighted by Crippen LogP contribution is -2.38. The van der Waals surface area contributed by atoms with E-state index < -0.39 is 32.5 Å². The predicted octanol–water partition coefficient (Wildman–Crippen LogP) is 6.13. The van der Waals surface area contributed by atoms with Crippen LogP contribution in [-0.4, -0.2) is 43.5 Å². The van der Waals surface area contributed by atoms with Crippen LogP contribution in [0.5, 0.6) is 23.0 Å². The van der Waals surface area contributed by atoms with Gasteiger partial charge in [-0.2, -0.15) is 0 Å². The minimum absolute atomic E-state index is 0.00737. The summed E-state index contributed by atoms with van der Waals surface area (Å²) in [5, 5.41) is 2.65. The summed E-state index contributed by atoms with van der Waals surface area (Å²) in [5.41, 5.74) is 0.718. The zero-order valence-corrected chi connectivity index (χ0v) is 27.0. The maximum Gasteiger partial charge on any atom is 0.264 e. The smallest absolute Gasteiger partial charge is 0.264 e. The van der Waals surface area contributed by atoms with Gasteiger partial charge in [0.15, 0.2) is 0 Å². The number of rotatable bonds is 13. The molecule has 0 fully saturated rings. The number of hydrogen-bond donors (Lipinski definition) is 2. The van der Waals surface area contributed by atoms with Gasteiger partial charge in [0.2, 0.25) is 5.91 Å². The number of carbonyl (C=O) groups excluding carboxylic acids is 1. The number of nitrogens with one attached hydrogen (secondary N) is 2. The molecule has 0 atom stereocenters. The van der Waals surface area contributed by atoms with Crippen LogP contribution in [0.1, 0.15) is 0 Å². The summed E-state index contributed by atoms with van der Waals surface area (Å²) >= 11 is 0. The predicted molar refractivity (Wildman–Crippen MR) is 179 cm³/mol. The van der Waals surface area contributed by atoms with Crippen LogP contribution in [0.4, 0.5) is 17.1 Å². The molecule has 5 aromatic carbocycles. The van der Waals surface area contributed by atoms with Crippen molar-refractivity contribution in [1.82, 2.24) is 0 Å². The molecule has 47 heavy (non-hydrogen) atoms. The van der Waals surface area contributed by atoms with Crippen molar-refractivity contribution in [2.24, 2.45) is 0 Å².